The number of hydrogen-bond donors (Lipinski definition) is 0. The number of unbranched alkanes of at least 4 members (excludes halogenated alkanes) is 1. The zero-order chi connectivity index (χ0) is 20.3. The van der Waals surface area contributed by atoms with Crippen LogP contribution in [-0.2, 0) is 13.0 Å². The summed E-state index contributed by atoms with van der Waals surface area (Å²) in [4.78, 5) is 8.68. The van der Waals surface area contributed by atoms with Gasteiger partial charge >= 0.3 is 0 Å². The van der Waals surface area contributed by atoms with Gasteiger partial charge in [0.1, 0.15) is 5.82 Å². The lowest BCUT2D eigenvalue weighted by Gasteiger charge is -2.35. The second kappa shape index (κ2) is 9.00. The molecule has 2 aromatic heterocycles. The van der Waals surface area contributed by atoms with Gasteiger partial charge < -0.3 is 4.90 Å². The fraction of sp³-hybridized carbons (Fsp3) is 0.696. The Balaban J connectivity index is 0.993. The molecule has 2 aliphatic carbocycles. The third-order valence-electron chi connectivity index (χ3n) is 7.45. The van der Waals surface area contributed by atoms with Gasteiger partial charge in [-0.3, -0.25) is 9.58 Å². The number of aryl methyl sites for hydroxylation is 1. The number of hydrogen-bond acceptors (Lipinski definition) is 5. The molecular formula is C23H33FN6. The lowest BCUT2D eigenvalue weighted by atomic mass is 9.89. The molecule has 2 aromatic rings. The second-order valence-corrected chi connectivity index (χ2v) is 9.47. The maximum Gasteiger partial charge on any atom is 0.214 e. The van der Waals surface area contributed by atoms with Crippen molar-refractivity contribution in [3.63, 3.8) is 0 Å². The lowest BCUT2D eigenvalue weighted by molar-refractivity contribution is 0.252. The largest absolute Gasteiger partial charge is 0.354 e. The van der Waals surface area contributed by atoms with Gasteiger partial charge in [0.05, 0.1) is 5.69 Å². The molecule has 5 rings (SSSR count). The molecule has 0 N–H and O–H groups in total. The van der Waals surface area contributed by atoms with E-state index in [0.717, 1.165) is 81.4 Å². The summed E-state index contributed by atoms with van der Waals surface area (Å²) in [6.45, 7) is 6.03. The summed E-state index contributed by atoms with van der Waals surface area (Å²) < 4.78 is 15.4. The second-order valence-electron chi connectivity index (χ2n) is 9.47. The number of nitrogens with zero attached hydrogens (tertiary/aromatic N) is 6. The minimum Gasteiger partial charge on any atom is -0.354 e. The number of rotatable bonds is 8. The maximum atomic E-state index is 13.3. The molecule has 0 amide bonds. The average molecular weight is 413 g/mol. The topological polar surface area (TPSA) is 50.1 Å². The molecule has 3 heterocycles. The van der Waals surface area contributed by atoms with Gasteiger partial charge in [0.25, 0.3) is 0 Å². The van der Waals surface area contributed by atoms with Crippen LogP contribution in [0.3, 0.4) is 0 Å². The van der Waals surface area contributed by atoms with Gasteiger partial charge in [-0.15, -0.1) is 5.10 Å². The van der Waals surface area contributed by atoms with Crippen LogP contribution in [0.25, 0.3) is 0 Å². The summed E-state index contributed by atoms with van der Waals surface area (Å²) in [6.07, 6.45) is 11.3. The first-order valence-electron chi connectivity index (χ1n) is 11.7. The van der Waals surface area contributed by atoms with Crippen LogP contribution in [0.5, 0.6) is 0 Å². The normalized spacial score (nSPS) is 26.6. The Morgan fingerprint density at radius 2 is 1.93 bits per heavy atom. The highest BCUT2D eigenvalue weighted by Crippen LogP contribution is 2.48. The van der Waals surface area contributed by atoms with E-state index in [9.17, 15) is 4.39 Å². The highest BCUT2D eigenvalue weighted by atomic mass is 19.1. The highest BCUT2D eigenvalue weighted by Gasteiger charge is 2.39. The van der Waals surface area contributed by atoms with E-state index < -0.39 is 5.95 Å². The van der Waals surface area contributed by atoms with Crippen molar-refractivity contribution in [2.24, 2.45) is 17.8 Å². The lowest BCUT2D eigenvalue weighted by Crippen LogP contribution is -2.47. The first-order valence-corrected chi connectivity index (χ1v) is 11.7. The molecule has 6 nitrogen and oxygen atoms in total. The molecular weight excluding hydrogens is 379 g/mol. The molecule has 7 heteroatoms. The van der Waals surface area contributed by atoms with E-state index in [1.807, 2.05) is 6.07 Å². The smallest absolute Gasteiger partial charge is 0.214 e. The van der Waals surface area contributed by atoms with Crippen LogP contribution in [-0.4, -0.2) is 57.6 Å². The Bertz CT molecular complexity index is 831. The monoisotopic (exact) mass is 412 g/mol. The first-order chi connectivity index (χ1) is 14.7. The summed E-state index contributed by atoms with van der Waals surface area (Å²) in [5.41, 5.74) is 1.14. The van der Waals surface area contributed by atoms with Crippen LogP contribution in [0.15, 0.2) is 24.4 Å². The fourth-order valence-electron chi connectivity index (χ4n) is 5.80. The molecule has 2 bridgehead atoms. The minimum atomic E-state index is -0.401. The number of halogens is 1. The molecule has 1 saturated heterocycles. The molecule has 0 aromatic carbocycles. The summed E-state index contributed by atoms with van der Waals surface area (Å²) in [7, 11) is 0. The summed E-state index contributed by atoms with van der Waals surface area (Å²) in [6, 6.07) is 5.03. The number of aromatic nitrogens is 4. The fourth-order valence-corrected chi connectivity index (χ4v) is 5.80. The van der Waals surface area contributed by atoms with E-state index in [1.165, 1.54) is 38.2 Å². The van der Waals surface area contributed by atoms with Crippen molar-refractivity contribution in [2.45, 2.75) is 51.5 Å². The first kappa shape index (κ1) is 19.9. The number of fused-ring (bicyclic) bond motifs is 2. The van der Waals surface area contributed by atoms with E-state index >= 15 is 0 Å². The van der Waals surface area contributed by atoms with Crippen molar-refractivity contribution in [2.75, 3.05) is 37.6 Å². The van der Waals surface area contributed by atoms with E-state index in [1.54, 1.807) is 6.07 Å². The summed E-state index contributed by atoms with van der Waals surface area (Å²) in [5, 5.41) is 8.80. The third kappa shape index (κ3) is 4.66. The average Bonchev–Trinajstić information content (AvgIpc) is 3.49. The Hall–Kier alpha value is -2.02. The molecule has 3 aliphatic rings. The Morgan fingerprint density at radius 3 is 2.70 bits per heavy atom. The van der Waals surface area contributed by atoms with Gasteiger partial charge in [-0.2, -0.15) is 4.39 Å². The molecule has 3 atom stereocenters. The van der Waals surface area contributed by atoms with Crippen molar-refractivity contribution in [1.82, 2.24) is 24.9 Å². The zero-order valence-electron chi connectivity index (χ0n) is 17.8. The van der Waals surface area contributed by atoms with Gasteiger partial charge in [-0.25, -0.2) is 4.98 Å². The molecule has 1 aliphatic heterocycles. The van der Waals surface area contributed by atoms with Crippen molar-refractivity contribution < 1.29 is 4.39 Å². The maximum absolute atomic E-state index is 13.3. The van der Waals surface area contributed by atoms with Crippen LogP contribution in [0.4, 0.5) is 10.2 Å². The Morgan fingerprint density at radius 1 is 1.03 bits per heavy atom. The summed E-state index contributed by atoms with van der Waals surface area (Å²) in [5.74, 6) is 3.12. The van der Waals surface area contributed by atoms with Crippen LogP contribution in [0.2, 0.25) is 0 Å². The molecule has 2 saturated carbocycles. The van der Waals surface area contributed by atoms with Crippen LogP contribution >= 0.6 is 0 Å². The van der Waals surface area contributed by atoms with E-state index in [0.29, 0.717) is 0 Å². The van der Waals surface area contributed by atoms with Crippen molar-refractivity contribution >= 4 is 5.82 Å². The molecule has 30 heavy (non-hydrogen) atoms. The minimum absolute atomic E-state index is 0.401. The SMILES string of the molecule is Fc1cccc(N2CCN(CCCCc3cn(CC4CC5CCC4C5)nn3)CC2)n1. The summed E-state index contributed by atoms with van der Waals surface area (Å²) >= 11 is 0. The predicted molar refractivity (Wildman–Crippen MR) is 115 cm³/mol. The van der Waals surface area contributed by atoms with Crippen molar-refractivity contribution in [1.29, 1.82) is 0 Å². The van der Waals surface area contributed by atoms with Crippen LogP contribution < -0.4 is 4.90 Å². The standard InChI is InChI=1S/C23H33FN6/c24-22-5-3-6-23(25-22)29-12-10-28(11-13-29)9-2-1-4-21-17-30(27-26-21)16-20-15-18-7-8-19(20)14-18/h3,5-6,17-20H,1-2,4,7-16H2. The Kier molecular flexibility index (Phi) is 5.97. The van der Waals surface area contributed by atoms with Gasteiger partial charge in [0.2, 0.25) is 5.95 Å². The molecule has 3 unspecified atom stereocenters. The molecule has 0 radical (unpaired) electrons. The van der Waals surface area contributed by atoms with Crippen LogP contribution in [0.1, 0.15) is 44.2 Å². The quantitative estimate of drug-likeness (QED) is 0.491. The Labute approximate surface area is 178 Å². The zero-order valence-corrected chi connectivity index (χ0v) is 17.8. The van der Waals surface area contributed by atoms with E-state index in [4.69, 9.17) is 0 Å². The molecule has 0 spiro atoms. The van der Waals surface area contributed by atoms with E-state index in [-0.39, 0.29) is 0 Å². The molecule has 3 fully saturated rings. The van der Waals surface area contributed by atoms with E-state index in [2.05, 4.69) is 36.0 Å². The van der Waals surface area contributed by atoms with Gasteiger partial charge in [0.15, 0.2) is 0 Å². The van der Waals surface area contributed by atoms with Gasteiger partial charge in [0, 0.05) is 38.9 Å². The third-order valence-corrected chi connectivity index (χ3v) is 7.45. The van der Waals surface area contributed by atoms with Crippen molar-refractivity contribution in [3.8, 4) is 0 Å². The number of pyridine rings is 1. The van der Waals surface area contributed by atoms with Crippen LogP contribution in [0, 0.1) is 23.7 Å². The molecule has 162 valence electrons. The number of anilines is 1. The van der Waals surface area contributed by atoms with Gasteiger partial charge in [-0.05, 0) is 75.0 Å². The van der Waals surface area contributed by atoms with Crippen molar-refractivity contribution in [3.05, 3.63) is 36.0 Å². The predicted octanol–water partition coefficient (Wildman–Crippen LogP) is 3.39. The highest BCUT2D eigenvalue weighted by molar-refractivity contribution is 5.38. The van der Waals surface area contributed by atoms with Gasteiger partial charge in [-0.1, -0.05) is 17.7 Å². The number of piperazine rings is 1.